The summed E-state index contributed by atoms with van der Waals surface area (Å²) >= 11 is 3.55. The summed E-state index contributed by atoms with van der Waals surface area (Å²) in [5.74, 6) is 0.923. The molecule has 0 amide bonds. The van der Waals surface area contributed by atoms with E-state index in [0.29, 0.717) is 5.69 Å². The summed E-state index contributed by atoms with van der Waals surface area (Å²) in [4.78, 5) is 6.57. The van der Waals surface area contributed by atoms with Gasteiger partial charge in [-0.05, 0) is 48.2 Å². The van der Waals surface area contributed by atoms with Crippen LogP contribution in [0.4, 0.5) is 11.5 Å². The van der Waals surface area contributed by atoms with Crippen molar-refractivity contribution in [1.29, 1.82) is 0 Å². The van der Waals surface area contributed by atoms with E-state index in [2.05, 4.69) is 25.8 Å². The van der Waals surface area contributed by atoms with Crippen LogP contribution >= 0.6 is 15.9 Å². The molecule has 1 aliphatic heterocycles. The zero-order valence-electron chi connectivity index (χ0n) is 10.2. The number of aromatic nitrogens is 1. The Hall–Kier alpha value is -0.810. The monoisotopic (exact) mass is 299 g/mol. The lowest BCUT2D eigenvalue weighted by molar-refractivity contribution is 0.0350. The molecule has 0 bridgehead atoms. The van der Waals surface area contributed by atoms with Gasteiger partial charge in [-0.2, -0.15) is 0 Å². The molecule has 1 aliphatic rings. The molecule has 0 aromatic carbocycles. The second-order valence-corrected chi connectivity index (χ2v) is 5.75. The first kappa shape index (κ1) is 12.6. The lowest BCUT2D eigenvalue weighted by Gasteiger charge is -2.37. The average molecular weight is 300 g/mol. The summed E-state index contributed by atoms with van der Waals surface area (Å²) in [7, 11) is 0. The number of piperidine rings is 1. The van der Waals surface area contributed by atoms with Crippen LogP contribution in [0.3, 0.4) is 0 Å². The first-order valence-corrected chi connectivity index (χ1v) is 6.58. The van der Waals surface area contributed by atoms with E-state index < -0.39 is 5.60 Å². The van der Waals surface area contributed by atoms with Gasteiger partial charge in [-0.15, -0.1) is 0 Å². The van der Waals surface area contributed by atoms with Crippen molar-refractivity contribution >= 4 is 27.4 Å². The number of halogens is 1. The van der Waals surface area contributed by atoms with Crippen LogP contribution in [0.2, 0.25) is 0 Å². The van der Waals surface area contributed by atoms with Crippen molar-refractivity contribution in [3.63, 3.8) is 0 Å². The van der Waals surface area contributed by atoms with Crippen molar-refractivity contribution < 1.29 is 5.11 Å². The molecule has 5 heteroatoms. The summed E-state index contributed by atoms with van der Waals surface area (Å²) in [5.41, 5.74) is 6.99. The molecule has 1 aromatic heterocycles. The van der Waals surface area contributed by atoms with Gasteiger partial charge in [-0.25, -0.2) is 4.98 Å². The molecule has 0 atom stereocenters. The minimum absolute atomic E-state index is 0.536. The van der Waals surface area contributed by atoms with Crippen molar-refractivity contribution in [2.24, 2.45) is 0 Å². The standard InChI is InChI=1S/C12H18BrN3O/c1-8-9(14)7-15-11(10(8)13)16-5-3-12(2,17)4-6-16/h7,17H,3-6,14H2,1-2H3. The molecule has 0 spiro atoms. The van der Waals surface area contributed by atoms with Crippen molar-refractivity contribution in [2.75, 3.05) is 23.7 Å². The van der Waals surface area contributed by atoms with Crippen molar-refractivity contribution in [3.8, 4) is 0 Å². The summed E-state index contributed by atoms with van der Waals surface area (Å²) in [6.45, 7) is 5.51. The van der Waals surface area contributed by atoms with Crippen LogP contribution in [0.25, 0.3) is 0 Å². The smallest absolute Gasteiger partial charge is 0.143 e. The molecule has 1 aromatic rings. The van der Waals surface area contributed by atoms with Gasteiger partial charge in [0.2, 0.25) is 0 Å². The van der Waals surface area contributed by atoms with E-state index >= 15 is 0 Å². The van der Waals surface area contributed by atoms with Crippen molar-refractivity contribution in [2.45, 2.75) is 32.3 Å². The molecule has 0 aliphatic carbocycles. The number of anilines is 2. The van der Waals surface area contributed by atoms with E-state index in [4.69, 9.17) is 5.73 Å². The van der Waals surface area contributed by atoms with Gasteiger partial charge in [-0.1, -0.05) is 0 Å². The molecular formula is C12H18BrN3O. The van der Waals surface area contributed by atoms with Gasteiger partial charge in [0.25, 0.3) is 0 Å². The number of nitrogen functional groups attached to an aromatic ring is 1. The summed E-state index contributed by atoms with van der Waals surface area (Å²) in [6, 6.07) is 0. The lowest BCUT2D eigenvalue weighted by Crippen LogP contribution is -2.43. The van der Waals surface area contributed by atoms with Gasteiger partial charge in [0.15, 0.2) is 0 Å². The van der Waals surface area contributed by atoms with Crippen LogP contribution in [-0.4, -0.2) is 28.8 Å². The van der Waals surface area contributed by atoms with Crippen molar-refractivity contribution in [1.82, 2.24) is 4.98 Å². The zero-order chi connectivity index (χ0) is 12.6. The van der Waals surface area contributed by atoms with Crippen LogP contribution in [0.1, 0.15) is 25.3 Å². The van der Waals surface area contributed by atoms with E-state index in [1.54, 1.807) is 6.20 Å². The summed E-state index contributed by atoms with van der Waals surface area (Å²) < 4.78 is 0.957. The highest BCUT2D eigenvalue weighted by molar-refractivity contribution is 9.10. The Morgan fingerprint density at radius 1 is 1.47 bits per heavy atom. The Kier molecular flexibility index (Phi) is 3.32. The van der Waals surface area contributed by atoms with E-state index in [9.17, 15) is 5.11 Å². The molecule has 0 radical (unpaired) electrons. The van der Waals surface area contributed by atoms with Crippen LogP contribution in [0.5, 0.6) is 0 Å². The van der Waals surface area contributed by atoms with Crippen LogP contribution < -0.4 is 10.6 Å². The second-order valence-electron chi connectivity index (χ2n) is 4.96. The minimum Gasteiger partial charge on any atom is -0.397 e. The maximum Gasteiger partial charge on any atom is 0.143 e. The molecule has 2 heterocycles. The number of hydrogen-bond acceptors (Lipinski definition) is 4. The molecule has 3 N–H and O–H groups in total. The molecule has 17 heavy (non-hydrogen) atoms. The largest absolute Gasteiger partial charge is 0.397 e. The highest BCUT2D eigenvalue weighted by atomic mass is 79.9. The lowest BCUT2D eigenvalue weighted by atomic mass is 9.94. The number of rotatable bonds is 1. The number of nitrogens with zero attached hydrogens (tertiary/aromatic N) is 2. The molecule has 1 fully saturated rings. The minimum atomic E-state index is -0.536. The average Bonchev–Trinajstić information content (AvgIpc) is 2.27. The molecule has 2 rings (SSSR count). The topological polar surface area (TPSA) is 62.4 Å². The molecular weight excluding hydrogens is 282 g/mol. The Morgan fingerprint density at radius 3 is 2.65 bits per heavy atom. The third-order valence-electron chi connectivity index (χ3n) is 3.42. The first-order chi connectivity index (χ1) is 7.91. The SMILES string of the molecule is Cc1c(N)cnc(N2CCC(C)(O)CC2)c1Br. The highest BCUT2D eigenvalue weighted by Crippen LogP contribution is 2.33. The van der Waals surface area contributed by atoms with Gasteiger partial charge in [0.1, 0.15) is 5.82 Å². The summed E-state index contributed by atoms with van der Waals surface area (Å²) in [5, 5.41) is 9.93. The van der Waals surface area contributed by atoms with Gasteiger partial charge < -0.3 is 15.7 Å². The predicted molar refractivity (Wildman–Crippen MR) is 73.2 cm³/mol. The molecule has 0 saturated carbocycles. The van der Waals surface area contributed by atoms with Crippen molar-refractivity contribution in [3.05, 3.63) is 16.2 Å². The third kappa shape index (κ3) is 2.55. The van der Waals surface area contributed by atoms with Crippen LogP contribution in [0, 0.1) is 6.92 Å². The van der Waals surface area contributed by atoms with Gasteiger partial charge in [0, 0.05) is 13.1 Å². The zero-order valence-corrected chi connectivity index (χ0v) is 11.8. The fraction of sp³-hybridized carbons (Fsp3) is 0.583. The fourth-order valence-electron chi connectivity index (χ4n) is 2.00. The molecule has 4 nitrogen and oxygen atoms in total. The maximum absolute atomic E-state index is 9.93. The van der Waals surface area contributed by atoms with E-state index in [1.807, 2.05) is 13.8 Å². The van der Waals surface area contributed by atoms with E-state index in [0.717, 1.165) is 41.8 Å². The van der Waals surface area contributed by atoms with Gasteiger partial charge in [-0.3, -0.25) is 0 Å². The Bertz CT molecular complexity index is 424. The number of aliphatic hydroxyl groups is 1. The second kappa shape index (κ2) is 4.46. The number of nitrogens with two attached hydrogens (primary N) is 1. The highest BCUT2D eigenvalue weighted by Gasteiger charge is 2.28. The van der Waals surface area contributed by atoms with E-state index in [1.165, 1.54) is 0 Å². The van der Waals surface area contributed by atoms with Gasteiger partial charge in [0.05, 0.1) is 22.0 Å². The maximum atomic E-state index is 9.93. The van der Waals surface area contributed by atoms with Gasteiger partial charge >= 0.3 is 0 Å². The van der Waals surface area contributed by atoms with E-state index in [-0.39, 0.29) is 0 Å². The molecule has 1 saturated heterocycles. The number of hydrogen-bond donors (Lipinski definition) is 2. The third-order valence-corrected chi connectivity index (χ3v) is 4.37. The summed E-state index contributed by atoms with van der Waals surface area (Å²) in [6.07, 6.45) is 3.23. The Labute approximate surface area is 110 Å². The Morgan fingerprint density at radius 2 is 2.06 bits per heavy atom. The predicted octanol–water partition coefficient (Wildman–Crippen LogP) is 2.09. The number of pyridine rings is 1. The molecule has 94 valence electrons. The quantitative estimate of drug-likeness (QED) is 0.833. The fourth-order valence-corrected chi connectivity index (χ4v) is 2.58. The Balaban J connectivity index is 2.22. The molecule has 0 unspecified atom stereocenters. The van der Waals surface area contributed by atoms with Crippen LogP contribution in [0.15, 0.2) is 10.7 Å². The first-order valence-electron chi connectivity index (χ1n) is 5.78. The normalized spacial score (nSPS) is 19.4. The van der Waals surface area contributed by atoms with Crippen LogP contribution in [-0.2, 0) is 0 Å².